The summed E-state index contributed by atoms with van der Waals surface area (Å²) in [4.78, 5) is 38.0. The number of carbonyl (C=O) groups is 3. The Kier molecular flexibility index (Phi) is 9.01. The number of aromatic hydroxyl groups is 1. The fraction of sp³-hybridized carbons (Fsp3) is 0.464. The number of alkyl carbamates (subject to hydrolysis) is 1. The fourth-order valence-corrected chi connectivity index (χ4v) is 4.56. The average Bonchev–Trinajstić information content (AvgIpc) is 3.21. The van der Waals surface area contributed by atoms with Crippen LogP contribution in [0, 0.1) is 0 Å². The van der Waals surface area contributed by atoms with Crippen LogP contribution in [0.15, 0.2) is 30.3 Å². The highest BCUT2D eigenvalue weighted by atomic mass is 35.5. The summed E-state index contributed by atoms with van der Waals surface area (Å²) in [7, 11) is 0. The van der Waals surface area contributed by atoms with Gasteiger partial charge in [0.2, 0.25) is 5.91 Å². The molecule has 2 N–H and O–H groups in total. The molecule has 0 aliphatic carbocycles. The molecule has 3 rings (SSSR count). The minimum atomic E-state index is -0.563. The monoisotopic (exact) mass is 514 g/mol. The van der Waals surface area contributed by atoms with Gasteiger partial charge in [-0.15, -0.1) is 0 Å². The van der Waals surface area contributed by atoms with Crippen molar-refractivity contribution >= 4 is 35.1 Å². The molecule has 0 bridgehead atoms. The predicted octanol–water partition coefficient (Wildman–Crippen LogP) is 5.62. The van der Waals surface area contributed by atoms with E-state index >= 15 is 0 Å². The van der Waals surface area contributed by atoms with E-state index in [1.54, 1.807) is 38.7 Å². The Morgan fingerprint density at radius 2 is 1.83 bits per heavy atom. The first-order chi connectivity index (χ1) is 16.9. The van der Waals surface area contributed by atoms with Gasteiger partial charge in [-0.3, -0.25) is 9.59 Å². The number of hydrogen-bond acceptors (Lipinski definition) is 5. The molecule has 2 amide bonds. The maximum Gasteiger partial charge on any atom is 0.407 e. The molecule has 0 unspecified atom stereocenters. The molecule has 8 heteroatoms. The number of benzene rings is 2. The summed E-state index contributed by atoms with van der Waals surface area (Å²) >= 11 is 6.29. The van der Waals surface area contributed by atoms with Crippen molar-refractivity contribution in [1.82, 2.24) is 5.32 Å². The van der Waals surface area contributed by atoms with Crippen LogP contribution in [0.1, 0.15) is 74.0 Å². The number of ether oxygens (including phenoxy) is 1. The van der Waals surface area contributed by atoms with E-state index in [-0.39, 0.29) is 17.4 Å². The number of rotatable bonds is 9. The molecule has 1 aliphatic heterocycles. The van der Waals surface area contributed by atoms with Crippen molar-refractivity contribution in [1.29, 1.82) is 0 Å². The second-order valence-electron chi connectivity index (χ2n) is 10.1. The third-order valence-corrected chi connectivity index (χ3v) is 6.44. The van der Waals surface area contributed by atoms with Gasteiger partial charge in [0.1, 0.15) is 11.4 Å². The highest BCUT2D eigenvalue weighted by Crippen LogP contribution is 2.30. The normalized spacial score (nSPS) is 12.9. The quantitative estimate of drug-likeness (QED) is 0.334. The fourth-order valence-electron chi connectivity index (χ4n) is 4.31. The minimum absolute atomic E-state index is 0.0146. The Morgan fingerprint density at radius 1 is 1.08 bits per heavy atom. The van der Waals surface area contributed by atoms with E-state index in [1.807, 2.05) is 18.2 Å². The van der Waals surface area contributed by atoms with E-state index < -0.39 is 11.7 Å². The summed E-state index contributed by atoms with van der Waals surface area (Å²) in [6.45, 7) is 7.98. The molecule has 0 fully saturated rings. The summed E-state index contributed by atoms with van der Waals surface area (Å²) in [5.74, 6) is 0.220. The lowest BCUT2D eigenvalue weighted by molar-refractivity contribution is -0.116. The number of nitrogens with zero attached hydrogens (tertiary/aromatic N) is 1. The van der Waals surface area contributed by atoms with Crippen molar-refractivity contribution in [3.05, 3.63) is 57.6 Å². The van der Waals surface area contributed by atoms with Crippen LogP contribution < -0.4 is 10.2 Å². The number of phenolic OH excluding ortho intramolecular Hbond substituents is 1. The minimum Gasteiger partial charge on any atom is -0.508 e. The molecular formula is C28H35ClN2O5. The summed E-state index contributed by atoms with van der Waals surface area (Å²) in [6, 6.07) is 8.95. The van der Waals surface area contributed by atoms with E-state index in [0.29, 0.717) is 49.4 Å². The van der Waals surface area contributed by atoms with Crippen LogP contribution in [-0.2, 0) is 28.8 Å². The number of hydrogen-bond donors (Lipinski definition) is 2. The molecule has 0 atom stereocenters. The first kappa shape index (κ1) is 27.5. The molecule has 194 valence electrons. The zero-order valence-corrected chi connectivity index (χ0v) is 22.2. The Bertz CT molecular complexity index is 1140. The number of aryl methyl sites for hydroxylation is 1. The van der Waals surface area contributed by atoms with Crippen molar-refractivity contribution < 1.29 is 24.2 Å². The van der Waals surface area contributed by atoms with Crippen LogP contribution in [0.4, 0.5) is 10.5 Å². The third-order valence-electron chi connectivity index (χ3n) is 6.09. The lowest BCUT2D eigenvalue weighted by Crippen LogP contribution is -2.33. The van der Waals surface area contributed by atoms with Crippen LogP contribution in [0.5, 0.6) is 5.75 Å². The predicted molar refractivity (Wildman–Crippen MR) is 141 cm³/mol. The van der Waals surface area contributed by atoms with E-state index in [2.05, 4.69) is 5.32 Å². The summed E-state index contributed by atoms with van der Waals surface area (Å²) in [6.07, 6.45) is 3.23. The summed E-state index contributed by atoms with van der Waals surface area (Å²) < 4.78 is 5.24. The third kappa shape index (κ3) is 7.47. The van der Waals surface area contributed by atoms with Crippen molar-refractivity contribution in [2.45, 2.75) is 71.8 Å². The van der Waals surface area contributed by atoms with Crippen molar-refractivity contribution in [2.75, 3.05) is 18.0 Å². The Hall–Kier alpha value is -3.06. The average molecular weight is 515 g/mol. The summed E-state index contributed by atoms with van der Waals surface area (Å²) in [5, 5.41) is 13.5. The molecule has 0 aromatic heterocycles. The Labute approximate surface area is 217 Å². The van der Waals surface area contributed by atoms with Gasteiger partial charge in [0.05, 0.1) is 0 Å². The van der Waals surface area contributed by atoms with Crippen LogP contribution >= 0.6 is 11.6 Å². The molecular weight excluding hydrogens is 480 g/mol. The second kappa shape index (κ2) is 11.8. The number of unbranched alkanes of at least 4 members (excludes halogenated alkanes) is 1. The number of nitrogens with one attached hydrogen (secondary N) is 1. The molecule has 2 aromatic carbocycles. The van der Waals surface area contributed by atoms with E-state index in [9.17, 15) is 19.5 Å². The van der Waals surface area contributed by atoms with Gasteiger partial charge < -0.3 is 20.1 Å². The number of amides is 2. The van der Waals surface area contributed by atoms with Crippen molar-refractivity contribution in [3.8, 4) is 5.75 Å². The smallest absolute Gasteiger partial charge is 0.407 e. The number of fused-ring (bicyclic) bond motifs is 1. The number of halogens is 1. The highest BCUT2D eigenvalue weighted by molar-refractivity contribution is 6.31. The maximum atomic E-state index is 12.7. The van der Waals surface area contributed by atoms with E-state index in [1.165, 1.54) is 6.07 Å². The van der Waals surface area contributed by atoms with Crippen molar-refractivity contribution in [2.24, 2.45) is 0 Å². The topological polar surface area (TPSA) is 95.9 Å². The molecule has 7 nitrogen and oxygen atoms in total. The Morgan fingerprint density at radius 3 is 2.53 bits per heavy atom. The molecule has 2 aromatic rings. The molecule has 1 aliphatic rings. The lowest BCUT2D eigenvalue weighted by Gasteiger charge is -2.19. The highest BCUT2D eigenvalue weighted by Gasteiger charge is 2.23. The number of phenols is 1. The zero-order valence-electron chi connectivity index (χ0n) is 21.4. The summed E-state index contributed by atoms with van der Waals surface area (Å²) in [5.41, 5.74) is 3.64. The van der Waals surface area contributed by atoms with Gasteiger partial charge in [0, 0.05) is 42.7 Å². The number of anilines is 1. The van der Waals surface area contributed by atoms with Crippen molar-refractivity contribution in [3.63, 3.8) is 0 Å². The molecule has 1 heterocycles. The number of Topliss-reactive ketones (excluding diaryl/α,β-unsaturated/α-hetero) is 1. The van der Waals surface area contributed by atoms with Crippen LogP contribution in [0.25, 0.3) is 0 Å². The van der Waals surface area contributed by atoms with E-state index in [0.717, 1.165) is 35.2 Å². The second-order valence-corrected chi connectivity index (χ2v) is 10.6. The largest absolute Gasteiger partial charge is 0.508 e. The first-order valence-corrected chi connectivity index (χ1v) is 12.7. The molecule has 0 saturated heterocycles. The molecule has 0 radical (unpaired) electrons. The molecule has 36 heavy (non-hydrogen) atoms. The number of carbonyl (C=O) groups excluding carboxylic acids is 3. The van der Waals surface area contributed by atoms with Gasteiger partial charge in [-0.2, -0.15) is 0 Å². The molecule has 0 saturated carbocycles. The standard InChI is InChI=1S/C28H35ClN2O5/c1-18(32)31-14-12-20-16-22(9-10-24(20)31)25(33)8-6-5-7-21-15-19(23(29)17-26(21)34)11-13-30-27(35)36-28(2,3)4/h9-10,15-17,34H,5-8,11-14H2,1-4H3,(H,30,35). The van der Waals surface area contributed by atoms with Gasteiger partial charge in [0.25, 0.3) is 0 Å². The van der Waals surface area contributed by atoms with Crippen LogP contribution in [0.3, 0.4) is 0 Å². The molecule has 0 spiro atoms. The number of ketones is 1. The van der Waals surface area contributed by atoms with E-state index in [4.69, 9.17) is 16.3 Å². The zero-order chi connectivity index (χ0) is 26.5. The van der Waals surface area contributed by atoms with Crippen LogP contribution in [-0.4, -0.2) is 41.6 Å². The SMILES string of the molecule is CC(=O)N1CCc2cc(C(=O)CCCCc3cc(CCNC(=O)OC(C)(C)C)c(Cl)cc3O)ccc21. The van der Waals surface area contributed by atoms with Gasteiger partial charge >= 0.3 is 6.09 Å². The van der Waals surface area contributed by atoms with Gasteiger partial charge in [-0.1, -0.05) is 17.7 Å². The lowest BCUT2D eigenvalue weighted by atomic mass is 9.99. The first-order valence-electron chi connectivity index (χ1n) is 12.4. The van der Waals surface area contributed by atoms with Gasteiger partial charge in [-0.05, 0) is 93.8 Å². The maximum absolute atomic E-state index is 12.7. The Balaban J connectivity index is 1.49. The van der Waals surface area contributed by atoms with Gasteiger partial charge in [0.15, 0.2) is 5.78 Å². The van der Waals surface area contributed by atoms with Gasteiger partial charge in [-0.25, -0.2) is 4.79 Å². The van der Waals surface area contributed by atoms with Crippen LogP contribution in [0.2, 0.25) is 5.02 Å².